The van der Waals surface area contributed by atoms with Crippen molar-refractivity contribution in [3.8, 4) is 5.75 Å². The highest BCUT2D eigenvalue weighted by Gasteiger charge is 2.38. The molecule has 2 bridgehead atoms. The first-order valence-electron chi connectivity index (χ1n) is 10.7. The molecule has 0 saturated carbocycles. The van der Waals surface area contributed by atoms with Gasteiger partial charge in [0.1, 0.15) is 23.0 Å². The first-order chi connectivity index (χ1) is 16.7. The molecule has 0 saturated heterocycles. The number of nitrogens with zero attached hydrogens (tertiary/aromatic N) is 2. The third-order valence-corrected chi connectivity index (χ3v) is 6.69. The van der Waals surface area contributed by atoms with Crippen molar-refractivity contribution in [1.82, 2.24) is 9.88 Å². The molecule has 0 spiro atoms. The summed E-state index contributed by atoms with van der Waals surface area (Å²) >= 11 is 6.33. The number of benzene rings is 2. The first-order valence-corrected chi connectivity index (χ1v) is 11.0. The van der Waals surface area contributed by atoms with Gasteiger partial charge in [-0.1, -0.05) is 17.7 Å². The van der Waals surface area contributed by atoms with Gasteiger partial charge in [-0.25, -0.2) is 13.2 Å². The third-order valence-electron chi connectivity index (χ3n) is 6.33. The molecule has 0 radical (unpaired) electrons. The van der Waals surface area contributed by atoms with Gasteiger partial charge in [0.05, 0.1) is 6.04 Å². The average molecular weight is 504 g/mol. The maximum absolute atomic E-state index is 13.9. The SMILES string of the molecule is O=C(NCc1c(F)cc(F)cc1F)c1cn2c(c(O)c1=O)C(=O)N1C[C@@H]2CCc2c(Cl)cccc21. The van der Waals surface area contributed by atoms with E-state index >= 15 is 0 Å². The number of hydrogen-bond acceptors (Lipinski definition) is 4. The fraction of sp³-hybridized carbons (Fsp3) is 0.208. The molecule has 2 aliphatic rings. The van der Waals surface area contributed by atoms with Crippen molar-refractivity contribution >= 4 is 29.1 Å². The monoisotopic (exact) mass is 503 g/mol. The van der Waals surface area contributed by atoms with Crippen LogP contribution in [-0.2, 0) is 13.0 Å². The zero-order valence-electron chi connectivity index (χ0n) is 17.9. The van der Waals surface area contributed by atoms with Crippen LogP contribution in [0.1, 0.15) is 44.4 Å². The fourth-order valence-electron chi connectivity index (χ4n) is 4.59. The quantitative estimate of drug-likeness (QED) is 0.570. The Morgan fingerprint density at radius 1 is 1.17 bits per heavy atom. The van der Waals surface area contributed by atoms with E-state index in [9.17, 15) is 32.7 Å². The lowest BCUT2D eigenvalue weighted by molar-refractivity contribution is 0.0929. The van der Waals surface area contributed by atoms with E-state index in [1.807, 2.05) is 0 Å². The normalized spacial score (nSPS) is 16.4. The summed E-state index contributed by atoms with van der Waals surface area (Å²) in [4.78, 5) is 40.3. The van der Waals surface area contributed by atoms with Gasteiger partial charge < -0.3 is 19.9 Å². The predicted octanol–water partition coefficient (Wildman–Crippen LogP) is 3.70. The van der Waals surface area contributed by atoms with E-state index in [4.69, 9.17) is 11.6 Å². The summed E-state index contributed by atoms with van der Waals surface area (Å²) in [6, 6.07) is 5.72. The molecule has 1 aromatic heterocycles. The molecular formula is C24H17ClF3N3O4. The van der Waals surface area contributed by atoms with Gasteiger partial charge in [0.2, 0.25) is 5.43 Å². The minimum Gasteiger partial charge on any atom is -0.503 e. The standard InChI is InChI=1S/C24H17ClF3N3O4/c25-16-2-1-3-19-13(16)5-4-12-9-31(19)24(35)20-22(33)21(32)15(10-30(12)20)23(34)29-8-14-17(27)6-11(26)7-18(14)28/h1-3,6-7,10,12,33H,4-5,8-9H2,(H,29,34)/t12-/m0/s1. The summed E-state index contributed by atoms with van der Waals surface area (Å²) in [5.41, 5.74) is -1.10. The molecule has 180 valence electrons. The number of amides is 2. The Kier molecular flexibility index (Phi) is 5.55. The molecule has 2 N–H and O–H groups in total. The number of aromatic hydroxyl groups is 1. The van der Waals surface area contributed by atoms with Gasteiger partial charge in [-0.3, -0.25) is 14.4 Å². The van der Waals surface area contributed by atoms with Crippen molar-refractivity contribution in [3.63, 3.8) is 0 Å². The molecule has 35 heavy (non-hydrogen) atoms. The van der Waals surface area contributed by atoms with E-state index in [2.05, 4.69) is 5.32 Å². The molecule has 2 aromatic carbocycles. The number of halogens is 4. The minimum absolute atomic E-state index is 0.231. The highest BCUT2D eigenvalue weighted by molar-refractivity contribution is 6.32. The van der Waals surface area contributed by atoms with E-state index in [1.165, 1.54) is 15.7 Å². The second-order valence-electron chi connectivity index (χ2n) is 8.35. The molecule has 3 heterocycles. The van der Waals surface area contributed by atoms with Crippen LogP contribution in [0.25, 0.3) is 0 Å². The number of carbonyl (C=O) groups excluding carboxylic acids is 2. The summed E-state index contributed by atoms with van der Waals surface area (Å²) < 4.78 is 42.3. The topological polar surface area (TPSA) is 91.6 Å². The number of rotatable bonds is 3. The first kappa shape index (κ1) is 23.0. The van der Waals surface area contributed by atoms with Crippen LogP contribution in [0.2, 0.25) is 5.02 Å². The van der Waals surface area contributed by atoms with Gasteiger partial charge >= 0.3 is 0 Å². The molecule has 2 amide bonds. The molecule has 0 fully saturated rings. The Labute approximate surface area is 201 Å². The molecule has 5 rings (SSSR count). The lowest BCUT2D eigenvalue weighted by atomic mass is 10.0. The zero-order chi connectivity index (χ0) is 25.0. The van der Waals surface area contributed by atoms with Crippen LogP contribution in [0.3, 0.4) is 0 Å². The number of aromatic nitrogens is 1. The minimum atomic E-state index is -1.20. The van der Waals surface area contributed by atoms with Gasteiger partial charge in [0.25, 0.3) is 11.8 Å². The number of pyridine rings is 1. The fourth-order valence-corrected chi connectivity index (χ4v) is 4.86. The maximum atomic E-state index is 13.9. The largest absolute Gasteiger partial charge is 0.503 e. The second-order valence-corrected chi connectivity index (χ2v) is 8.76. The summed E-state index contributed by atoms with van der Waals surface area (Å²) in [6.07, 6.45) is 2.19. The van der Waals surface area contributed by atoms with Crippen molar-refractivity contribution in [2.45, 2.75) is 25.4 Å². The summed E-state index contributed by atoms with van der Waals surface area (Å²) in [5, 5.41) is 13.4. The molecule has 11 heteroatoms. The van der Waals surface area contributed by atoms with Gasteiger partial charge in [0.15, 0.2) is 11.4 Å². The number of nitrogens with one attached hydrogen (secondary N) is 1. The molecule has 1 atom stereocenters. The van der Waals surface area contributed by atoms with Crippen LogP contribution >= 0.6 is 11.6 Å². The number of hydrogen-bond donors (Lipinski definition) is 2. The van der Waals surface area contributed by atoms with Crippen LogP contribution in [0.5, 0.6) is 5.75 Å². The second kappa shape index (κ2) is 8.46. The molecular weight excluding hydrogens is 487 g/mol. The van der Waals surface area contributed by atoms with E-state index in [1.54, 1.807) is 18.2 Å². The molecule has 2 aliphatic heterocycles. The van der Waals surface area contributed by atoms with Crippen LogP contribution < -0.4 is 15.6 Å². The van der Waals surface area contributed by atoms with Crippen LogP contribution in [0.4, 0.5) is 18.9 Å². The molecule has 0 unspecified atom stereocenters. The molecule has 7 nitrogen and oxygen atoms in total. The van der Waals surface area contributed by atoms with Gasteiger partial charge in [-0.15, -0.1) is 0 Å². The zero-order valence-corrected chi connectivity index (χ0v) is 18.7. The Morgan fingerprint density at radius 2 is 1.89 bits per heavy atom. The van der Waals surface area contributed by atoms with Gasteiger partial charge in [-0.2, -0.15) is 0 Å². The molecule has 3 aromatic rings. The summed E-state index contributed by atoms with van der Waals surface area (Å²) in [6.45, 7) is -0.433. The smallest absolute Gasteiger partial charge is 0.279 e. The Morgan fingerprint density at radius 3 is 2.60 bits per heavy atom. The third kappa shape index (κ3) is 3.74. The lowest BCUT2D eigenvalue weighted by Crippen LogP contribution is -2.44. The Balaban J connectivity index is 1.51. The van der Waals surface area contributed by atoms with Crippen LogP contribution in [0, 0.1) is 17.5 Å². The Bertz CT molecular complexity index is 1450. The lowest BCUT2D eigenvalue weighted by Gasteiger charge is -2.35. The van der Waals surface area contributed by atoms with Crippen molar-refractivity contribution in [3.05, 3.63) is 91.6 Å². The van der Waals surface area contributed by atoms with Crippen LogP contribution in [-0.4, -0.2) is 28.0 Å². The van der Waals surface area contributed by atoms with Crippen LogP contribution in [0.15, 0.2) is 41.3 Å². The van der Waals surface area contributed by atoms with E-state index in [0.29, 0.717) is 35.7 Å². The van der Waals surface area contributed by atoms with E-state index < -0.39 is 58.1 Å². The van der Waals surface area contributed by atoms with Crippen molar-refractivity contribution in [2.75, 3.05) is 11.4 Å². The average Bonchev–Trinajstić information content (AvgIpc) is 2.98. The highest BCUT2D eigenvalue weighted by Crippen LogP contribution is 2.39. The van der Waals surface area contributed by atoms with Gasteiger partial charge in [0, 0.05) is 47.7 Å². The summed E-state index contributed by atoms with van der Waals surface area (Å²) in [7, 11) is 0. The number of carbonyl (C=O) groups is 2. The summed E-state index contributed by atoms with van der Waals surface area (Å²) in [5.74, 6) is -6.05. The number of fused-ring (bicyclic) bond motifs is 6. The predicted molar refractivity (Wildman–Crippen MR) is 120 cm³/mol. The van der Waals surface area contributed by atoms with Crippen molar-refractivity contribution < 1.29 is 27.9 Å². The van der Waals surface area contributed by atoms with E-state index in [-0.39, 0.29) is 18.3 Å². The maximum Gasteiger partial charge on any atom is 0.279 e. The molecule has 0 aliphatic carbocycles. The Hall–Kier alpha value is -3.79. The number of anilines is 1. The van der Waals surface area contributed by atoms with Crippen molar-refractivity contribution in [2.24, 2.45) is 0 Å². The van der Waals surface area contributed by atoms with E-state index in [0.717, 1.165) is 5.56 Å². The van der Waals surface area contributed by atoms with Crippen molar-refractivity contribution in [1.29, 1.82) is 0 Å². The highest BCUT2D eigenvalue weighted by atomic mass is 35.5. The van der Waals surface area contributed by atoms with Gasteiger partial charge in [-0.05, 0) is 30.5 Å².